The molecule has 0 aliphatic heterocycles. The number of pyridine rings is 1. The molecule has 2 aromatic rings. The van der Waals surface area contributed by atoms with Gasteiger partial charge in [-0.05, 0) is 19.9 Å². The van der Waals surface area contributed by atoms with E-state index in [0.29, 0.717) is 5.39 Å². The van der Waals surface area contributed by atoms with Gasteiger partial charge in [-0.25, -0.2) is 4.79 Å². The zero-order chi connectivity index (χ0) is 14.2. The maximum absolute atomic E-state index is 12.3. The van der Waals surface area contributed by atoms with Gasteiger partial charge in [-0.3, -0.25) is 4.79 Å². The molecular formula is C13H12ClNO4. The monoisotopic (exact) mass is 281 g/mol. The third-order valence-corrected chi connectivity index (χ3v) is 3.13. The number of fused-ring (bicyclic) bond motifs is 1. The third kappa shape index (κ3) is 2.06. The van der Waals surface area contributed by atoms with Crippen LogP contribution in [0.5, 0.6) is 0 Å². The van der Waals surface area contributed by atoms with Crippen molar-refractivity contribution < 1.29 is 14.7 Å². The number of rotatable bonds is 3. The van der Waals surface area contributed by atoms with Crippen molar-refractivity contribution in [3.63, 3.8) is 0 Å². The smallest absolute Gasteiger partial charge is 0.338 e. The number of aromatic carboxylic acids is 1. The molecule has 0 aliphatic rings. The number of hydrogen-bond acceptors (Lipinski definition) is 3. The molecule has 0 bridgehead atoms. The highest BCUT2D eigenvalue weighted by atomic mass is 35.5. The Hall–Kier alpha value is -2.01. The number of benzene rings is 1. The van der Waals surface area contributed by atoms with Gasteiger partial charge in [0, 0.05) is 5.39 Å². The molecule has 1 aromatic carbocycles. The Morgan fingerprint density at radius 3 is 2.74 bits per heavy atom. The minimum atomic E-state index is -1.13. The molecule has 1 heterocycles. The standard InChI is InChI=1S/C13H12ClNO4/c1-3-19-15-7(2)10(13(17)18)8-5-4-6-9(14)11(8)12(15)16/h4-6H,3H2,1-2H3,(H,17,18). The molecule has 0 saturated heterocycles. The average molecular weight is 282 g/mol. The first kappa shape index (κ1) is 13.4. The summed E-state index contributed by atoms with van der Waals surface area (Å²) in [4.78, 5) is 28.9. The number of aromatic nitrogens is 1. The van der Waals surface area contributed by atoms with E-state index in [0.717, 1.165) is 4.73 Å². The van der Waals surface area contributed by atoms with Gasteiger partial charge in [0.1, 0.15) is 6.61 Å². The summed E-state index contributed by atoms with van der Waals surface area (Å²) in [6, 6.07) is 4.72. The number of carbonyl (C=O) groups is 1. The van der Waals surface area contributed by atoms with Gasteiger partial charge in [-0.1, -0.05) is 23.7 Å². The Kier molecular flexibility index (Phi) is 3.48. The Bertz CT molecular complexity index is 721. The summed E-state index contributed by atoms with van der Waals surface area (Å²) in [5.41, 5.74) is -0.190. The van der Waals surface area contributed by atoms with Crippen molar-refractivity contribution in [2.24, 2.45) is 0 Å². The number of halogens is 1. The van der Waals surface area contributed by atoms with Crippen LogP contribution in [0, 0.1) is 6.92 Å². The molecule has 0 aliphatic carbocycles. The Morgan fingerprint density at radius 1 is 1.47 bits per heavy atom. The minimum Gasteiger partial charge on any atom is -0.478 e. The van der Waals surface area contributed by atoms with Crippen molar-refractivity contribution in [2.45, 2.75) is 13.8 Å². The Labute approximate surface area is 113 Å². The van der Waals surface area contributed by atoms with E-state index >= 15 is 0 Å². The molecule has 0 fully saturated rings. The van der Waals surface area contributed by atoms with Gasteiger partial charge < -0.3 is 9.94 Å². The molecule has 1 aromatic heterocycles. The predicted octanol–water partition coefficient (Wildman–Crippen LogP) is 2.11. The highest BCUT2D eigenvalue weighted by molar-refractivity contribution is 6.35. The number of carboxylic acid groups (broad SMARTS) is 1. The van der Waals surface area contributed by atoms with Gasteiger partial charge in [-0.15, -0.1) is 4.73 Å². The lowest BCUT2D eigenvalue weighted by Gasteiger charge is -2.14. The molecule has 0 amide bonds. The van der Waals surface area contributed by atoms with Crippen LogP contribution in [-0.2, 0) is 0 Å². The molecule has 2 rings (SSSR count). The largest absolute Gasteiger partial charge is 0.478 e. The zero-order valence-electron chi connectivity index (χ0n) is 10.4. The van der Waals surface area contributed by atoms with Crippen molar-refractivity contribution in [1.29, 1.82) is 0 Å². The molecule has 0 atom stereocenters. The quantitative estimate of drug-likeness (QED) is 0.935. The second-order valence-electron chi connectivity index (χ2n) is 3.95. The van der Waals surface area contributed by atoms with Crippen LogP contribution in [0.15, 0.2) is 23.0 Å². The van der Waals surface area contributed by atoms with Crippen LogP contribution in [-0.4, -0.2) is 22.4 Å². The summed E-state index contributed by atoms with van der Waals surface area (Å²) in [6.45, 7) is 3.49. The van der Waals surface area contributed by atoms with Crippen molar-refractivity contribution >= 4 is 28.3 Å². The molecule has 1 N–H and O–H groups in total. The van der Waals surface area contributed by atoms with Gasteiger partial charge in [0.05, 0.1) is 21.7 Å². The van der Waals surface area contributed by atoms with E-state index in [-0.39, 0.29) is 28.3 Å². The van der Waals surface area contributed by atoms with E-state index in [2.05, 4.69) is 0 Å². The highest BCUT2D eigenvalue weighted by Crippen LogP contribution is 2.25. The number of hydrogen-bond donors (Lipinski definition) is 1. The van der Waals surface area contributed by atoms with Gasteiger partial charge in [-0.2, -0.15) is 0 Å². The molecule has 100 valence electrons. The summed E-state index contributed by atoms with van der Waals surface area (Å²) in [7, 11) is 0. The molecule has 6 heteroatoms. The van der Waals surface area contributed by atoms with Gasteiger partial charge in [0.25, 0.3) is 5.56 Å². The van der Waals surface area contributed by atoms with Crippen LogP contribution in [0.2, 0.25) is 5.02 Å². The summed E-state index contributed by atoms with van der Waals surface area (Å²) in [5, 5.41) is 10.0. The summed E-state index contributed by atoms with van der Waals surface area (Å²) in [5.74, 6) is -1.13. The second-order valence-corrected chi connectivity index (χ2v) is 4.35. The van der Waals surface area contributed by atoms with Crippen molar-refractivity contribution in [3.05, 3.63) is 44.8 Å². The topological polar surface area (TPSA) is 68.5 Å². The lowest BCUT2D eigenvalue weighted by molar-refractivity contribution is 0.0684. The maximum atomic E-state index is 12.3. The van der Waals surface area contributed by atoms with E-state index in [9.17, 15) is 14.7 Å². The predicted molar refractivity (Wildman–Crippen MR) is 72.0 cm³/mol. The minimum absolute atomic E-state index is 0.0190. The molecular weight excluding hydrogens is 270 g/mol. The van der Waals surface area contributed by atoms with E-state index in [4.69, 9.17) is 16.4 Å². The first-order valence-electron chi connectivity index (χ1n) is 5.69. The van der Waals surface area contributed by atoms with Crippen molar-refractivity contribution in [3.8, 4) is 0 Å². The summed E-state index contributed by atoms with van der Waals surface area (Å²) in [6.07, 6.45) is 0. The van der Waals surface area contributed by atoms with E-state index in [1.54, 1.807) is 25.1 Å². The highest BCUT2D eigenvalue weighted by Gasteiger charge is 2.20. The third-order valence-electron chi connectivity index (χ3n) is 2.82. The van der Waals surface area contributed by atoms with Gasteiger partial charge in [0.2, 0.25) is 0 Å². The van der Waals surface area contributed by atoms with Gasteiger partial charge in [0.15, 0.2) is 0 Å². The molecule has 0 radical (unpaired) electrons. The van der Waals surface area contributed by atoms with Crippen LogP contribution in [0.25, 0.3) is 10.8 Å². The second kappa shape index (κ2) is 4.93. The Balaban J connectivity index is 3.04. The first-order chi connectivity index (χ1) is 8.99. The average Bonchev–Trinajstić information content (AvgIpc) is 2.34. The molecule has 5 nitrogen and oxygen atoms in total. The fourth-order valence-corrected chi connectivity index (χ4v) is 2.31. The maximum Gasteiger partial charge on any atom is 0.338 e. The van der Waals surface area contributed by atoms with E-state index < -0.39 is 11.5 Å². The SMILES string of the molecule is CCOn1c(C)c(C(=O)O)c2cccc(Cl)c2c1=O. The summed E-state index contributed by atoms with van der Waals surface area (Å²) >= 11 is 6.00. The van der Waals surface area contributed by atoms with E-state index in [1.165, 1.54) is 6.92 Å². The molecule has 0 spiro atoms. The lowest BCUT2D eigenvalue weighted by atomic mass is 10.0. The first-order valence-corrected chi connectivity index (χ1v) is 6.07. The zero-order valence-corrected chi connectivity index (χ0v) is 11.2. The lowest BCUT2D eigenvalue weighted by Crippen LogP contribution is -2.31. The molecule has 0 unspecified atom stereocenters. The molecule has 19 heavy (non-hydrogen) atoms. The number of carboxylic acids is 1. The van der Waals surface area contributed by atoms with Crippen LogP contribution in [0.1, 0.15) is 23.0 Å². The normalized spacial score (nSPS) is 10.7. The van der Waals surface area contributed by atoms with E-state index in [1.807, 2.05) is 0 Å². The van der Waals surface area contributed by atoms with Crippen molar-refractivity contribution in [2.75, 3.05) is 6.61 Å². The Morgan fingerprint density at radius 2 is 2.16 bits per heavy atom. The number of nitrogens with zero attached hydrogens (tertiary/aromatic N) is 1. The fourth-order valence-electron chi connectivity index (χ4n) is 2.05. The van der Waals surface area contributed by atoms with Crippen LogP contribution in [0.3, 0.4) is 0 Å². The van der Waals surface area contributed by atoms with Crippen LogP contribution >= 0.6 is 11.6 Å². The fraction of sp³-hybridized carbons (Fsp3) is 0.231. The molecule has 0 saturated carbocycles. The van der Waals surface area contributed by atoms with Gasteiger partial charge >= 0.3 is 5.97 Å². The van der Waals surface area contributed by atoms with Crippen LogP contribution < -0.4 is 10.4 Å². The summed E-state index contributed by atoms with van der Waals surface area (Å²) < 4.78 is 0.984. The van der Waals surface area contributed by atoms with Crippen molar-refractivity contribution in [1.82, 2.24) is 4.73 Å². The van der Waals surface area contributed by atoms with Crippen LogP contribution in [0.4, 0.5) is 0 Å².